The van der Waals surface area contributed by atoms with Gasteiger partial charge in [0, 0.05) is 19.3 Å². The molecular formula is C12H13ClF3N3O2. The molecule has 2 amide bonds. The SMILES string of the molecule is O=C(NCc1ncc(C(F)(F)F)cc1Cl)N1CCOCC1. The Morgan fingerprint density at radius 3 is 2.67 bits per heavy atom. The number of hydrogen-bond donors (Lipinski definition) is 1. The molecule has 2 heterocycles. The van der Waals surface area contributed by atoms with E-state index in [1.807, 2.05) is 0 Å². The zero-order valence-electron chi connectivity index (χ0n) is 10.9. The number of rotatable bonds is 2. The van der Waals surface area contributed by atoms with E-state index >= 15 is 0 Å². The van der Waals surface area contributed by atoms with Gasteiger partial charge in [-0.15, -0.1) is 0 Å². The molecule has 0 spiro atoms. The molecule has 1 fully saturated rings. The van der Waals surface area contributed by atoms with Crippen molar-refractivity contribution in [2.75, 3.05) is 26.3 Å². The van der Waals surface area contributed by atoms with Crippen molar-refractivity contribution in [3.63, 3.8) is 0 Å². The third-order valence-corrected chi connectivity index (χ3v) is 3.28. The average molecular weight is 324 g/mol. The number of hydrogen-bond acceptors (Lipinski definition) is 3. The van der Waals surface area contributed by atoms with Crippen molar-refractivity contribution in [3.05, 3.63) is 28.5 Å². The van der Waals surface area contributed by atoms with Gasteiger partial charge in [0.25, 0.3) is 0 Å². The van der Waals surface area contributed by atoms with Gasteiger partial charge in [0.2, 0.25) is 0 Å². The van der Waals surface area contributed by atoms with Crippen molar-refractivity contribution >= 4 is 17.6 Å². The molecule has 116 valence electrons. The van der Waals surface area contributed by atoms with E-state index in [1.54, 1.807) is 4.90 Å². The molecule has 1 aliphatic rings. The third kappa shape index (κ3) is 4.21. The number of nitrogens with one attached hydrogen (secondary N) is 1. The Bertz CT molecular complexity index is 519. The predicted octanol–water partition coefficient (Wildman–Crippen LogP) is 2.30. The molecule has 1 saturated heterocycles. The Hall–Kier alpha value is -1.54. The molecule has 5 nitrogen and oxygen atoms in total. The predicted molar refractivity (Wildman–Crippen MR) is 68.9 cm³/mol. The van der Waals surface area contributed by atoms with E-state index in [0.717, 1.165) is 6.07 Å². The van der Waals surface area contributed by atoms with E-state index in [0.29, 0.717) is 32.5 Å². The van der Waals surface area contributed by atoms with E-state index < -0.39 is 11.7 Å². The lowest BCUT2D eigenvalue weighted by atomic mass is 10.2. The first kappa shape index (κ1) is 15.8. The third-order valence-electron chi connectivity index (χ3n) is 2.95. The molecule has 1 aliphatic heterocycles. The summed E-state index contributed by atoms with van der Waals surface area (Å²) in [5.74, 6) is 0. The van der Waals surface area contributed by atoms with Gasteiger partial charge in [-0.05, 0) is 6.07 Å². The highest BCUT2D eigenvalue weighted by Crippen LogP contribution is 2.30. The van der Waals surface area contributed by atoms with Gasteiger partial charge >= 0.3 is 12.2 Å². The molecule has 2 rings (SSSR count). The highest BCUT2D eigenvalue weighted by Gasteiger charge is 2.31. The molecule has 0 bridgehead atoms. The summed E-state index contributed by atoms with van der Waals surface area (Å²) in [7, 11) is 0. The Morgan fingerprint density at radius 2 is 2.10 bits per heavy atom. The van der Waals surface area contributed by atoms with Crippen molar-refractivity contribution in [3.8, 4) is 0 Å². The van der Waals surface area contributed by atoms with Crippen LogP contribution >= 0.6 is 11.6 Å². The van der Waals surface area contributed by atoms with Crippen LogP contribution in [0.25, 0.3) is 0 Å². The van der Waals surface area contributed by atoms with E-state index in [-0.39, 0.29) is 23.3 Å². The molecule has 0 saturated carbocycles. The van der Waals surface area contributed by atoms with Crippen LogP contribution in [0.15, 0.2) is 12.3 Å². The van der Waals surface area contributed by atoms with E-state index in [1.165, 1.54) is 0 Å². The minimum Gasteiger partial charge on any atom is -0.378 e. The summed E-state index contributed by atoms with van der Waals surface area (Å²) in [5.41, 5.74) is -0.734. The molecule has 1 N–H and O–H groups in total. The standard InChI is InChI=1S/C12H13ClF3N3O2/c13-9-5-8(12(14,15)16)6-17-10(9)7-18-11(20)19-1-3-21-4-2-19/h5-6H,1-4,7H2,(H,18,20). The highest BCUT2D eigenvalue weighted by molar-refractivity contribution is 6.31. The van der Waals surface area contributed by atoms with Crippen molar-refractivity contribution in [1.82, 2.24) is 15.2 Å². The second-order valence-corrected chi connectivity index (χ2v) is 4.82. The summed E-state index contributed by atoms with van der Waals surface area (Å²) in [6.07, 6.45) is -3.80. The fraction of sp³-hybridized carbons (Fsp3) is 0.500. The highest BCUT2D eigenvalue weighted by atomic mass is 35.5. The molecule has 0 unspecified atom stereocenters. The molecule has 0 aliphatic carbocycles. The number of morpholine rings is 1. The monoisotopic (exact) mass is 323 g/mol. The summed E-state index contributed by atoms with van der Waals surface area (Å²) in [6.45, 7) is 1.84. The number of alkyl halides is 3. The molecule has 9 heteroatoms. The number of halogens is 4. The molecule has 0 radical (unpaired) electrons. The minimum absolute atomic E-state index is 0.0346. The van der Waals surface area contributed by atoms with Crippen LogP contribution < -0.4 is 5.32 Å². The summed E-state index contributed by atoms with van der Waals surface area (Å²) >= 11 is 5.76. The lowest BCUT2D eigenvalue weighted by Crippen LogP contribution is -2.46. The van der Waals surface area contributed by atoms with Gasteiger partial charge in [0.1, 0.15) is 0 Å². The van der Waals surface area contributed by atoms with Gasteiger partial charge in [0.15, 0.2) is 0 Å². The maximum Gasteiger partial charge on any atom is 0.417 e. The van der Waals surface area contributed by atoms with E-state index in [9.17, 15) is 18.0 Å². The van der Waals surface area contributed by atoms with Gasteiger partial charge in [-0.3, -0.25) is 4.98 Å². The summed E-state index contributed by atoms with van der Waals surface area (Å²) in [4.78, 5) is 17.0. The van der Waals surface area contributed by atoms with Crippen LogP contribution in [0.2, 0.25) is 5.02 Å². The summed E-state index contributed by atoms with van der Waals surface area (Å²) in [6, 6.07) is 0.473. The van der Waals surface area contributed by atoms with Crippen LogP contribution in [0.4, 0.5) is 18.0 Å². The molecule has 21 heavy (non-hydrogen) atoms. The first-order valence-electron chi connectivity index (χ1n) is 6.20. The fourth-order valence-corrected chi connectivity index (χ4v) is 2.02. The number of carbonyl (C=O) groups is 1. The Labute approximate surface area is 124 Å². The zero-order valence-corrected chi connectivity index (χ0v) is 11.7. The minimum atomic E-state index is -4.49. The van der Waals surface area contributed by atoms with Crippen LogP contribution in [-0.4, -0.2) is 42.2 Å². The van der Waals surface area contributed by atoms with E-state index in [4.69, 9.17) is 16.3 Å². The quantitative estimate of drug-likeness (QED) is 0.908. The van der Waals surface area contributed by atoms with Gasteiger partial charge in [-0.25, -0.2) is 4.79 Å². The first-order chi connectivity index (χ1) is 9.88. The van der Waals surface area contributed by atoms with Gasteiger partial charge in [-0.2, -0.15) is 13.2 Å². The topological polar surface area (TPSA) is 54.5 Å². The maximum absolute atomic E-state index is 12.5. The Balaban J connectivity index is 1.95. The second kappa shape index (κ2) is 6.48. The molecule has 0 aromatic carbocycles. The number of ether oxygens (including phenoxy) is 1. The average Bonchev–Trinajstić information content (AvgIpc) is 2.45. The molecule has 1 aromatic heterocycles. The summed E-state index contributed by atoms with van der Waals surface area (Å²) in [5, 5.41) is 2.44. The number of nitrogens with zero attached hydrogens (tertiary/aromatic N) is 2. The first-order valence-corrected chi connectivity index (χ1v) is 6.58. The number of carbonyl (C=O) groups excluding carboxylic acids is 1. The van der Waals surface area contributed by atoms with Gasteiger partial charge in [-0.1, -0.05) is 11.6 Å². The van der Waals surface area contributed by atoms with Crippen molar-refractivity contribution in [1.29, 1.82) is 0 Å². The van der Waals surface area contributed by atoms with Crippen molar-refractivity contribution in [2.24, 2.45) is 0 Å². The van der Waals surface area contributed by atoms with Crippen LogP contribution in [0.3, 0.4) is 0 Å². The number of pyridine rings is 1. The van der Waals surface area contributed by atoms with Crippen LogP contribution in [0.1, 0.15) is 11.3 Å². The fourth-order valence-electron chi connectivity index (χ4n) is 1.79. The maximum atomic E-state index is 12.5. The van der Waals surface area contributed by atoms with Gasteiger partial charge < -0.3 is 15.0 Å². The zero-order chi connectivity index (χ0) is 15.5. The lowest BCUT2D eigenvalue weighted by Gasteiger charge is -2.26. The van der Waals surface area contributed by atoms with Crippen LogP contribution in [-0.2, 0) is 17.5 Å². The second-order valence-electron chi connectivity index (χ2n) is 4.41. The van der Waals surface area contributed by atoms with Crippen LogP contribution in [0, 0.1) is 0 Å². The smallest absolute Gasteiger partial charge is 0.378 e. The normalized spacial score (nSPS) is 15.9. The Morgan fingerprint density at radius 1 is 1.43 bits per heavy atom. The van der Waals surface area contributed by atoms with Crippen molar-refractivity contribution < 1.29 is 22.7 Å². The summed E-state index contributed by atoms with van der Waals surface area (Å²) < 4.78 is 42.5. The van der Waals surface area contributed by atoms with Crippen molar-refractivity contribution in [2.45, 2.75) is 12.7 Å². The number of urea groups is 1. The largest absolute Gasteiger partial charge is 0.417 e. The number of amides is 2. The van der Waals surface area contributed by atoms with Gasteiger partial charge in [0.05, 0.1) is 36.0 Å². The lowest BCUT2D eigenvalue weighted by molar-refractivity contribution is -0.137. The number of aromatic nitrogens is 1. The Kier molecular flexibility index (Phi) is 4.89. The molecular weight excluding hydrogens is 311 g/mol. The molecule has 0 atom stereocenters. The van der Waals surface area contributed by atoms with Crippen LogP contribution in [0.5, 0.6) is 0 Å². The van der Waals surface area contributed by atoms with E-state index in [2.05, 4.69) is 10.3 Å². The molecule has 1 aromatic rings.